The zero-order valence-electron chi connectivity index (χ0n) is 12.6. The molecule has 0 saturated heterocycles. The summed E-state index contributed by atoms with van der Waals surface area (Å²) in [6, 6.07) is 10.7. The van der Waals surface area contributed by atoms with Gasteiger partial charge in [-0.1, -0.05) is 12.1 Å². The quantitative estimate of drug-likeness (QED) is 0.842. The van der Waals surface area contributed by atoms with Gasteiger partial charge in [0.25, 0.3) is 0 Å². The molecule has 0 fully saturated rings. The second-order valence-electron chi connectivity index (χ2n) is 5.41. The molecular weight excluding hydrogens is 250 g/mol. The van der Waals surface area contributed by atoms with Crippen LogP contribution in [0.5, 0.6) is 5.75 Å². The van der Waals surface area contributed by atoms with Crippen molar-refractivity contribution < 1.29 is 9.15 Å². The highest BCUT2D eigenvalue weighted by Gasteiger charge is 2.12. The van der Waals surface area contributed by atoms with Crippen LogP contribution in [0.4, 0.5) is 0 Å². The monoisotopic (exact) mass is 273 g/mol. The van der Waals surface area contributed by atoms with Crippen LogP contribution in [-0.4, -0.2) is 6.10 Å². The standard InChI is InChI=1S/C17H23NO2/c1-12(2)20-17-7-5-6-15(10-17)13(3)18-14(4)16-8-9-19-11-16/h5-14,18H,1-4H3. The molecule has 1 heterocycles. The second kappa shape index (κ2) is 6.62. The van der Waals surface area contributed by atoms with Crippen LogP contribution in [0.25, 0.3) is 0 Å². The molecule has 2 atom stereocenters. The molecule has 1 aromatic heterocycles. The molecule has 108 valence electrons. The van der Waals surface area contributed by atoms with Gasteiger partial charge in [0.05, 0.1) is 18.6 Å². The topological polar surface area (TPSA) is 34.4 Å². The van der Waals surface area contributed by atoms with Gasteiger partial charge in [-0.3, -0.25) is 0 Å². The Bertz CT molecular complexity index is 520. The van der Waals surface area contributed by atoms with Gasteiger partial charge in [0.15, 0.2) is 0 Å². The predicted molar refractivity (Wildman–Crippen MR) is 80.9 cm³/mol. The van der Waals surface area contributed by atoms with Gasteiger partial charge >= 0.3 is 0 Å². The number of rotatable bonds is 6. The summed E-state index contributed by atoms with van der Waals surface area (Å²) in [5.41, 5.74) is 2.38. The van der Waals surface area contributed by atoms with Crippen molar-refractivity contribution in [3.05, 3.63) is 54.0 Å². The Morgan fingerprint density at radius 3 is 2.40 bits per heavy atom. The Kier molecular flexibility index (Phi) is 4.85. The maximum Gasteiger partial charge on any atom is 0.120 e. The Morgan fingerprint density at radius 1 is 1.00 bits per heavy atom. The van der Waals surface area contributed by atoms with E-state index in [9.17, 15) is 0 Å². The predicted octanol–water partition coefficient (Wildman–Crippen LogP) is 4.48. The summed E-state index contributed by atoms with van der Waals surface area (Å²) in [4.78, 5) is 0. The van der Waals surface area contributed by atoms with Crippen molar-refractivity contribution in [2.45, 2.75) is 45.9 Å². The molecule has 20 heavy (non-hydrogen) atoms. The number of benzene rings is 1. The number of ether oxygens (including phenoxy) is 1. The molecule has 0 amide bonds. The van der Waals surface area contributed by atoms with Gasteiger partial charge in [0.2, 0.25) is 0 Å². The van der Waals surface area contributed by atoms with E-state index >= 15 is 0 Å². The zero-order valence-corrected chi connectivity index (χ0v) is 12.6. The maximum absolute atomic E-state index is 5.74. The van der Waals surface area contributed by atoms with Crippen LogP contribution in [0.2, 0.25) is 0 Å². The molecular formula is C17H23NO2. The minimum atomic E-state index is 0.193. The van der Waals surface area contributed by atoms with Crippen LogP contribution < -0.4 is 10.1 Å². The summed E-state index contributed by atoms with van der Waals surface area (Å²) in [5.74, 6) is 0.919. The van der Waals surface area contributed by atoms with Gasteiger partial charge in [-0.05, 0) is 51.5 Å². The third kappa shape index (κ3) is 3.87. The Labute approximate surface area is 121 Å². The van der Waals surface area contributed by atoms with Crippen molar-refractivity contribution in [1.29, 1.82) is 0 Å². The average molecular weight is 273 g/mol. The van der Waals surface area contributed by atoms with E-state index in [1.165, 1.54) is 5.56 Å². The zero-order chi connectivity index (χ0) is 14.5. The van der Waals surface area contributed by atoms with E-state index in [0.29, 0.717) is 0 Å². The summed E-state index contributed by atoms with van der Waals surface area (Å²) >= 11 is 0. The van der Waals surface area contributed by atoms with E-state index in [4.69, 9.17) is 9.15 Å². The van der Waals surface area contributed by atoms with Gasteiger partial charge < -0.3 is 14.5 Å². The van der Waals surface area contributed by atoms with E-state index in [-0.39, 0.29) is 18.2 Å². The van der Waals surface area contributed by atoms with Gasteiger partial charge in [-0.2, -0.15) is 0 Å². The molecule has 1 N–H and O–H groups in total. The first-order valence-electron chi connectivity index (χ1n) is 7.11. The first kappa shape index (κ1) is 14.7. The van der Waals surface area contributed by atoms with E-state index < -0.39 is 0 Å². The van der Waals surface area contributed by atoms with Gasteiger partial charge in [0, 0.05) is 17.6 Å². The highest BCUT2D eigenvalue weighted by molar-refractivity contribution is 5.30. The fourth-order valence-corrected chi connectivity index (χ4v) is 2.22. The minimum Gasteiger partial charge on any atom is -0.491 e. The molecule has 3 heteroatoms. The molecule has 0 radical (unpaired) electrons. The van der Waals surface area contributed by atoms with E-state index in [0.717, 1.165) is 11.3 Å². The van der Waals surface area contributed by atoms with Crippen molar-refractivity contribution in [3.8, 4) is 5.75 Å². The largest absolute Gasteiger partial charge is 0.491 e. The summed E-state index contributed by atoms with van der Waals surface area (Å²) in [7, 11) is 0. The SMILES string of the molecule is CC(C)Oc1cccc(C(C)NC(C)c2ccoc2)c1. The normalized spacial score (nSPS) is 14.2. The molecule has 1 aromatic carbocycles. The number of furan rings is 1. The second-order valence-corrected chi connectivity index (χ2v) is 5.41. The Balaban J connectivity index is 2.03. The molecule has 0 aliphatic heterocycles. The van der Waals surface area contributed by atoms with Crippen molar-refractivity contribution in [2.24, 2.45) is 0 Å². The van der Waals surface area contributed by atoms with Gasteiger partial charge in [0.1, 0.15) is 5.75 Å². The van der Waals surface area contributed by atoms with Gasteiger partial charge in [-0.25, -0.2) is 0 Å². The fraction of sp³-hybridized carbons (Fsp3) is 0.412. The number of hydrogen-bond donors (Lipinski definition) is 1. The van der Waals surface area contributed by atoms with Crippen LogP contribution in [-0.2, 0) is 0 Å². The summed E-state index contributed by atoms with van der Waals surface area (Å²) in [5, 5.41) is 3.56. The van der Waals surface area contributed by atoms with Crippen molar-refractivity contribution in [1.82, 2.24) is 5.32 Å². The molecule has 2 aromatic rings. The lowest BCUT2D eigenvalue weighted by atomic mass is 10.1. The van der Waals surface area contributed by atoms with Crippen LogP contribution in [0.1, 0.15) is 50.9 Å². The fourth-order valence-electron chi connectivity index (χ4n) is 2.22. The molecule has 0 aliphatic rings. The molecule has 0 spiro atoms. The number of nitrogens with one attached hydrogen (secondary N) is 1. The van der Waals surface area contributed by atoms with Crippen LogP contribution in [0.15, 0.2) is 47.3 Å². The number of hydrogen-bond acceptors (Lipinski definition) is 3. The summed E-state index contributed by atoms with van der Waals surface area (Å²) in [6.45, 7) is 8.37. The van der Waals surface area contributed by atoms with Crippen molar-refractivity contribution in [2.75, 3.05) is 0 Å². The van der Waals surface area contributed by atoms with Crippen LogP contribution in [0.3, 0.4) is 0 Å². The lowest BCUT2D eigenvalue weighted by Gasteiger charge is -2.20. The van der Waals surface area contributed by atoms with E-state index in [2.05, 4.69) is 31.3 Å². The summed E-state index contributed by atoms with van der Waals surface area (Å²) < 4.78 is 10.9. The molecule has 0 aliphatic carbocycles. The third-order valence-electron chi connectivity index (χ3n) is 3.27. The Morgan fingerprint density at radius 2 is 1.75 bits per heavy atom. The average Bonchev–Trinajstić information content (AvgIpc) is 2.92. The minimum absolute atomic E-state index is 0.193. The van der Waals surface area contributed by atoms with Crippen molar-refractivity contribution in [3.63, 3.8) is 0 Å². The molecule has 2 rings (SSSR count). The molecule has 0 saturated carbocycles. The smallest absolute Gasteiger partial charge is 0.120 e. The highest BCUT2D eigenvalue weighted by atomic mass is 16.5. The third-order valence-corrected chi connectivity index (χ3v) is 3.27. The van der Waals surface area contributed by atoms with E-state index in [1.54, 1.807) is 12.5 Å². The molecule has 2 unspecified atom stereocenters. The van der Waals surface area contributed by atoms with Crippen LogP contribution >= 0.6 is 0 Å². The summed E-state index contributed by atoms with van der Waals surface area (Å²) in [6.07, 6.45) is 3.68. The molecule has 0 bridgehead atoms. The first-order chi connectivity index (χ1) is 9.56. The van der Waals surface area contributed by atoms with Crippen LogP contribution in [0, 0.1) is 0 Å². The van der Waals surface area contributed by atoms with Gasteiger partial charge in [-0.15, -0.1) is 0 Å². The van der Waals surface area contributed by atoms with E-state index in [1.807, 2.05) is 32.0 Å². The highest BCUT2D eigenvalue weighted by Crippen LogP contribution is 2.23. The van der Waals surface area contributed by atoms with Crippen molar-refractivity contribution >= 4 is 0 Å². The maximum atomic E-state index is 5.74. The first-order valence-corrected chi connectivity index (χ1v) is 7.11. The molecule has 3 nitrogen and oxygen atoms in total. The Hall–Kier alpha value is -1.74. The lowest BCUT2D eigenvalue weighted by molar-refractivity contribution is 0.242. The lowest BCUT2D eigenvalue weighted by Crippen LogP contribution is -2.22.